The molecule has 158 valence electrons. The molecular formula is C21H27ClN2O4S. The first-order valence-electron chi connectivity index (χ1n) is 9.93. The second-order valence-electron chi connectivity index (χ2n) is 8.47. The van der Waals surface area contributed by atoms with Crippen LogP contribution in [0.2, 0.25) is 0 Å². The number of nitrogens with one attached hydrogen (secondary N) is 1. The number of rotatable bonds is 6. The number of hydrogen-bond acceptors (Lipinski definition) is 4. The van der Waals surface area contributed by atoms with Gasteiger partial charge in [-0.1, -0.05) is 13.8 Å². The van der Waals surface area contributed by atoms with Gasteiger partial charge in [0, 0.05) is 35.1 Å². The molecule has 2 aliphatic carbocycles. The van der Waals surface area contributed by atoms with Crippen molar-refractivity contribution >= 4 is 39.2 Å². The van der Waals surface area contributed by atoms with Gasteiger partial charge in [-0.2, -0.15) is 0 Å². The number of fused-ring (bicyclic) bond motifs is 2. The van der Waals surface area contributed by atoms with Crippen molar-refractivity contribution in [1.29, 1.82) is 0 Å². The molecule has 1 heterocycles. The van der Waals surface area contributed by atoms with Crippen LogP contribution in [0.4, 0.5) is 0 Å². The Balaban J connectivity index is 0.00000240. The zero-order valence-electron chi connectivity index (χ0n) is 16.6. The predicted molar refractivity (Wildman–Crippen MR) is 114 cm³/mol. The van der Waals surface area contributed by atoms with E-state index in [0.717, 1.165) is 29.5 Å². The first kappa shape index (κ1) is 22.0. The monoisotopic (exact) mass is 438 g/mol. The number of aliphatic carboxylic acids is 1. The minimum absolute atomic E-state index is 0. The van der Waals surface area contributed by atoms with Gasteiger partial charge in [-0.3, -0.25) is 9.78 Å². The molecule has 1 aromatic carbocycles. The van der Waals surface area contributed by atoms with E-state index < -0.39 is 21.9 Å². The Morgan fingerprint density at radius 2 is 2.00 bits per heavy atom. The third kappa shape index (κ3) is 4.42. The van der Waals surface area contributed by atoms with Gasteiger partial charge in [0.15, 0.2) is 0 Å². The summed E-state index contributed by atoms with van der Waals surface area (Å²) < 4.78 is 29.4. The zero-order valence-corrected chi connectivity index (χ0v) is 18.3. The largest absolute Gasteiger partial charge is 0.481 e. The Morgan fingerprint density at radius 3 is 2.62 bits per heavy atom. The molecule has 8 heteroatoms. The first-order chi connectivity index (χ1) is 13.3. The summed E-state index contributed by atoms with van der Waals surface area (Å²) >= 11 is 0. The Hall–Kier alpha value is -1.70. The highest BCUT2D eigenvalue weighted by Gasteiger charge is 2.33. The Kier molecular flexibility index (Phi) is 6.22. The SMILES string of the molecule is CC(C)CNS(=O)(=O)c1c2c(cc3cnc(C4CC4)cc13)CCC(C(=O)O)C2.Cl. The minimum Gasteiger partial charge on any atom is -0.481 e. The quantitative estimate of drug-likeness (QED) is 0.717. The highest BCUT2D eigenvalue weighted by molar-refractivity contribution is 7.89. The molecule has 2 N–H and O–H groups in total. The predicted octanol–water partition coefficient (Wildman–Crippen LogP) is 3.66. The van der Waals surface area contributed by atoms with Crippen LogP contribution in [0.1, 0.15) is 55.8 Å². The number of carboxylic acids is 1. The number of nitrogens with zero attached hydrogens (tertiary/aromatic N) is 1. The third-order valence-electron chi connectivity index (χ3n) is 5.70. The summed E-state index contributed by atoms with van der Waals surface area (Å²) in [6, 6.07) is 3.90. The van der Waals surface area contributed by atoms with E-state index in [2.05, 4.69) is 9.71 Å². The van der Waals surface area contributed by atoms with E-state index in [4.69, 9.17) is 0 Å². The average molecular weight is 439 g/mol. The van der Waals surface area contributed by atoms with Crippen LogP contribution in [0.3, 0.4) is 0 Å². The number of sulfonamides is 1. The summed E-state index contributed by atoms with van der Waals surface area (Å²) in [5.41, 5.74) is 2.52. The van der Waals surface area contributed by atoms with E-state index in [1.165, 1.54) is 0 Å². The second kappa shape index (κ2) is 8.20. The van der Waals surface area contributed by atoms with Crippen LogP contribution in [0, 0.1) is 11.8 Å². The molecule has 0 aliphatic heterocycles. The normalized spacial score (nSPS) is 19.1. The molecule has 1 saturated carbocycles. The van der Waals surface area contributed by atoms with Gasteiger partial charge in [0.05, 0.1) is 10.8 Å². The van der Waals surface area contributed by atoms with Crippen LogP contribution < -0.4 is 4.72 Å². The summed E-state index contributed by atoms with van der Waals surface area (Å²) in [6.45, 7) is 4.25. The summed E-state index contributed by atoms with van der Waals surface area (Å²) in [5, 5.41) is 11.0. The Labute approximate surface area is 177 Å². The Morgan fingerprint density at radius 1 is 1.28 bits per heavy atom. The van der Waals surface area contributed by atoms with Gasteiger partial charge in [0.25, 0.3) is 0 Å². The molecule has 0 bridgehead atoms. The zero-order chi connectivity index (χ0) is 20.1. The van der Waals surface area contributed by atoms with Crippen molar-refractivity contribution in [3.05, 3.63) is 35.2 Å². The smallest absolute Gasteiger partial charge is 0.306 e. The number of benzene rings is 1. The second-order valence-corrected chi connectivity index (χ2v) is 10.2. The van der Waals surface area contributed by atoms with Gasteiger partial charge >= 0.3 is 5.97 Å². The van der Waals surface area contributed by atoms with Crippen molar-refractivity contribution in [2.24, 2.45) is 11.8 Å². The number of carbonyl (C=O) groups is 1. The Bertz CT molecular complexity index is 1050. The van der Waals surface area contributed by atoms with Gasteiger partial charge < -0.3 is 5.11 Å². The molecular weight excluding hydrogens is 412 g/mol. The van der Waals surface area contributed by atoms with Crippen molar-refractivity contribution in [3.8, 4) is 0 Å². The van der Waals surface area contributed by atoms with Crippen molar-refractivity contribution in [2.75, 3.05) is 6.54 Å². The van der Waals surface area contributed by atoms with Crippen molar-refractivity contribution in [2.45, 2.75) is 56.8 Å². The summed E-state index contributed by atoms with van der Waals surface area (Å²) in [4.78, 5) is 16.4. The number of aryl methyl sites for hydroxylation is 1. The fourth-order valence-electron chi connectivity index (χ4n) is 3.97. The highest BCUT2D eigenvalue weighted by atomic mass is 35.5. The van der Waals surface area contributed by atoms with Crippen molar-refractivity contribution in [3.63, 3.8) is 0 Å². The molecule has 4 rings (SSSR count). The van der Waals surface area contributed by atoms with E-state index in [0.29, 0.717) is 36.3 Å². The molecule has 2 aliphatic rings. The van der Waals surface area contributed by atoms with E-state index in [-0.39, 0.29) is 29.6 Å². The van der Waals surface area contributed by atoms with Gasteiger partial charge in [0.2, 0.25) is 10.0 Å². The molecule has 1 atom stereocenters. The average Bonchev–Trinajstić information content (AvgIpc) is 3.48. The van der Waals surface area contributed by atoms with Gasteiger partial charge in [0.1, 0.15) is 0 Å². The molecule has 1 fully saturated rings. The van der Waals surface area contributed by atoms with Crippen LogP contribution in [0.15, 0.2) is 23.2 Å². The molecule has 0 spiro atoms. The third-order valence-corrected chi connectivity index (χ3v) is 7.25. The lowest BCUT2D eigenvalue weighted by atomic mass is 9.82. The number of hydrogen-bond donors (Lipinski definition) is 2. The number of carboxylic acid groups (broad SMARTS) is 1. The fraction of sp³-hybridized carbons (Fsp3) is 0.524. The molecule has 29 heavy (non-hydrogen) atoms. The number of halogens is 1. The summed E-state index contributed by atoms with van der Waals surface area (Å²) in [7, 11) is -3.77. The van der Waals surface area contributed by atoms with Crippen LogP contribution >= 0.6 is 12.4 Å². The van der Waals surface area contributed by atoms with Gasteiger partial charge in [-0.15, -0.1) is 12.4 Å². The number of pyridine rings is 1. The lowest BCUT2D eigenvalue weighted by Crippen LogP contribution is -2.31. The van der Waals surface area contributed by atoms with Crippen LogP contribution in [-0.4, -0.2) is 31.0 Å². The maximum absolute atomic E-state index is 13.3. The summed E-state index contributed by atoms with van der Waals surface area (Å²) in [5.74, 6) is -0.825. The van der Waals surface area contributed by atoms with Crippen LogP contribution in [-0.2, 0) is 27.7 Å². The molecule has 1 unspecified atom stereocenters. The van der Waals surface area contributed by atoms with E-state index in [1.54, 1.807) is 6.20 Å². The lowest BCUT2D eigenvalue weighted by molar-refractivity contribution is -0.142. The molecule has 1 aromatic heterocycles. The maximum Gasteiger partial charge on any atom is 0.306 e. The number of aromatic nitrogens is 1. The molecule has 2 aromatic rings. The van der Waals surface area contributed by atoms with Crippen LogP contribution in [0.5, 0.6) is 0 Å². The van der Waals surface area contributed by atoms with E-state index in [9.17, 15) is 18.3 Å². The van der Waals surface area contributed by atoms with Crippen LogP contribution in [0.25, 0.3) is 10.8 Å². The fourth-order valence-corrected chi connectivity index (χ4v) is 5.67. The minimum atomic E-state index is -3.77. The topological polar surface area (TPSA) is 96.4 Å². The van der Waals surface area contributed by atoms with E-state index >= 15 is 0 Å². The molecule has 0 saturated heterocycles. The lowest BCUT2D eigenvalue weighted by Gasteiger charge is -2.26. The highest BCUT2D eigenvalue weighted by Crippen LogP contribution is 2.42. The first-order valence-corrected chi connectivity index (χ1v) is 11.4. The van der Waals surface area contributed by atoms with E-state index in [1.807, 2.05) is 26.0 Å². The van der Waals surface area contributed by atoms with Crippen molar-refractivity contribution in [1.82, 2.24) is 9.71 Å². The molecule has 6 nitrogen and oxygen atoms in total. The standard InChI is InChI=1S/C21H26N2O4S.ClH/c1-12(2)10-23-28(26,27)20-17-8-15(21(24)25)6-5-14(17)7-16-11-22-19(9-18(16)20)13-3-4-13;/h7,9,11-13,15,23H,3-6,8,10H2,1-2H3,(H,24,25);1H. The van der Waals surface area contributed by atoms with Gasteiger partial charge in [-0.25, -0.2) is 13.1 Å². The maximum atomic E-state index is 13.3. The molecule has 0 amide bonds. The van der Waals surface area contributed by atoms with Gasteiger partial charge in [-0.05, 0) is 61.3 Å². The van der Waals surface area contributed by atoms with Crippen molar-refractivity contribution < 1.29 is 18.3 Å². The summed E-state index contributed by atoms with van der Waals surface area (Å²) in [6.07, 6.45) is 5.28. The molecule has 0 radical (unpaired) electrons.